The molecule has 0 radical (unpaired) electrons. The van der Waals surface area contributed by atoms with Crippen LogP contribution in [0, 0.1) is 5.41 Å². The summed E-state index contributed by atoms with van der Waals surface area (Å²) >= 11 is 0. The highest BCUT2D eigenvalue weighted by Crippen LogP contribution is 2.28. The number of amides is 1. The molecule has 0 unspecified atom stereocenters. The van der Waals surface area contributed by atoms with E-state index in [1.807, 2.05) is 19.1 Å². The van der Waals surface area contributed by atoms with Gasteiger partial charge in [-0.25, -0.2) is 0 Å². The first-order valence-corrected chi connectivity index (χ1v) is 6.37. The first-order valence-electron chi connectivity index (χ1n) is 6.37. The zero-order chi connectivity index (χ0) is 13.0. The third kappa shape index (κ3) is 3.01. The van der Waals surface area contributed by atoms with Gasteiger partial charge >= 0.3 is 0 Å². The molecule has 0 aliphatic carbocycles. The number of phenols is 1. The van der Waals surface area contributed by atoms with E-state index in [-0.39, 0.29) is 17.1 Å². The van der Waals surface area contributed by atoms with Crippen LogP contribution < -0.4 is 10.6 Å². The second-order valence-electron chi connectivity index (χ2n) is 5.16. The summed E-state index contributed by atoms with van der Waals surface area (Å²) in [6.45, 7) is 4.36. The highest BCUT2D eigenvalue weighted by atomic mass is 16.3. The maximum atomic E-state index is 12.2. The Hall–Kier alpha value is -1.55. The fourth-order valence-corrected chi connectivity index (χ4v) is 2.22. The Kier molecular flexibility index (Phi) is 3.87. The van der Waals surface area contributed by atoms with E-state index in [1.54, 1.807) is 12.1 Å². The van der Waals surface area contributed by atoms with E-state index < -0.39 is 0 Å². The molecule has 98 valence electrons. The van der Waals surface area contributed by atoms with Gasteiger partial charge in [0.15, 0.2) is 0 Å². The maximum Gasteiger partial charge on any atom is 0.226 e. The molecule has 0 atom stereocenters. The summed E-state index contributed by atoms with van der Waals surface area (Å²) in [6, 6.07) is 6.90. The molecule has 1 saturated heterocycles. The first-order chi connectivity index (χ1) is 8.60. The second kappa shape index (κ2) is 5.40. The largest absolute Gasteiger partial charge is 0.508 e. The zero-order valence-corrected chi connectivity index (χ0v) is 10.7. The van der Waals surface area contributed by atoms with E-state index in [2.05, 4.69) is 10.6 Å². The third-order valence-electron chi connectivity index (χ3n) is 3.64. The van der Waals surface area contributed by atoms with Gasteiger partial charge in [0.1, 0.15) is 5.75 Å². The lowest BCUT2D eigenvalue weighted by molar-refractivity contribution is -0.131. The number of hydrogen-bond donors (Lipinski definition) is 3. The highest BCUT2D eigenvalue weighted by molar-refractivity contribution is 5.82. The van der Waals surface area contributed by atoms with Crippen LogP contribution >= 0.6 is 0 Å². The lowest BCUT2D eigenvalue weighted by Gasteiger charge is -2.32. The van der Waals surface area contributed by atoms with Crippen molar-refractivity contribution in [3.63, 3.8) is 0 Å². The lowest BCUT2D eigenvalue weighted by Crippen LogP contribution is -2.45. The summed E-state index contributed by atoms with van der Waals surface area (Å²) in [5, 5.41) is 15.4. The Labute approximate surface area is 107 Å². The van der Waals surface area contributed by atoms with Crippen LogP contribution in [0.5, 0.6) is 5.75 Å². The zero-order valence-electron chi connectivity index (χ0n) is 10.7. The van der Waals surface area contributed by atoms with E-state index >= 15 is 0 Å². The van der Waals surface area contributed by atoms with Gasteiger partial charge < -0.3 is 15.7 Å². The standard InChI is InChI=1S/C14H20N2O2/c1-14(6-8-15-9-7-14)13(18)16-10-11-2-4-12(17)5-3-11/h2-5,15,17H,6-10H2,1H3,(H,16,18). The lowest BCUT2D eigenvalue weighted by atomic mass is 9.80. The summed E-state index contributed by atoms with van der Waals surface area (Å²) in [7, 11) is 0. The van der Waals surface area contributed by atoms with Gasteiger partial charge in [-0.2, -0.15) is 0 Å². The number of carbonyl (C=O) groups is 1. The van der Waals surface area contributed by atoms with E-state index in [1.165, 1.54) is 0 Å². The van der Waals surface area contributed by atoms with Gasteiger partial charge in [0.05, 0.1) is 0 Å². The Morgan fingerprint density at radius 1 is 1.33 bits per heavy atom. The van der Waals surface area contributed by atoms with Crippen LogP contribution in [-0.2, 0) is 11.3 Å². The van der Waals surface area contributed by atoms with Crippen LogP contribution in [0.4, 0.5) is 0 Å². The van der Waals surface area contributed by atoms with Crippen molar-refractivity contribution in [2.75, 3.05) is 13.1 Å². The fraction of sp³-hybridized carbons (Fsp3) is 0.500. The minimum absolute atomic E-state index is 0.122. The molecule has 0 aromatic heterocycles. The summed E-state index contributed by atoms with van der Waals surface area (Å²) in [6.07, 6.45) is 1.77. The number of piperidine rings is 1. The van der Waals surface area contributed by atoms with E-state index in [0.717, 1.165) is 31.5 Å². The SMILES string of the molecule is CC1(C(=O)NCc2ccc(O)cc2)CCNCC1. The van der Waals surface area contributed by atoms with Gasteiger partial charge in [-0.1, -0.05) is 19.1 Å². The molecule has 3 N–H and O–H groups in total. The number of carbonyl (C=O) groups excluding carboxylic acids is 1. The quantitative estimate of drug-likeness (QED) is 0.757. The molecule has 2 rings (SSSR count). The number of hydrogen-bond acceptors (Lipinski definition) is 3. The monoisotopic (exact) mass is 248 g/mol. The molecule has 0 saturated carbocycles. The molecule has 4 nitrogen and oxygen atoms in total. The van der Waals surface area contributed by atoms with E-state index in [0.29, 0.717) is 6.54 Å². The number of rotatable bonds is 3. The maximum absolute atomic E-state index is 12.2. The number of phenolic OH excluding ortho intramolecular Hbond substituents is 1. The second-order valence-corrected chi connectivity index (χ2v) is 5.16. The van der Waals surface area contributed by atoms with Gasteiger partial charge in [-0.15, -0.1) is 0 Å². The van der Waals surface area contributed by atoms with Crippen molar-refractivity contribution in [2.24, 2.45) is 5.41 Å². The highest BCUT2D eigenvalue weighted by Gasteiger charge is 2.34. The number of nitrogens with one attached hydrogen (secondary N) is 2. The van der Waals surface area contributed by atoms with Crippen LogP contribution in [0.1, 0.15) is 25.3 Å². The molecular formula is C14H20N2O2. The average Bonchev–Trinajstić information content (AvgIpc) is 2.38. The molecular weight excluding hydrogens is 228 g/mol. The van der Waals surface area contributed by atoms with Crippen molar-refractivity contribution in [3.8, 4) is 5.75 Å². The minimum Gasteiger partial charge on any atom is -0.508 e. The van der Waals surface area contributed by atoms with Crippen molar-refractivity contribution in [1.29, 1.82) is 0 Å². The van der Waals surface area contributed by atoms with Crippen molar-refractivity contribution < 1.29 is 9.90 Å². The van der Waals surface area contributed by atoms with Gasteiger partial charge in [-0.05, 0) is 43.6 Å². The Morgan fingerprint density at radius 3 is 2.56 bits per heavy atom. The van der Waals surface area contributed by atoms with Gasteiger partial charge in [0, 0.05) is 12.0 Å². The molecule has 1 aromatic rings. The number of aromatic hydroxyl groups is 1. The first kappa shape index (κ1) is 12.9. The average molecular weight is 248 g/mol. The van der Waals surface area contributed by atoms with Crippen molar-refractivity contribution in [1.82, 2.24) is 10.6 Å². The van der Waals surface area contributed by atoms with Gasteiger partial charge in [-0.3, -0.25) is 4.79 Å². The third-order valence-corrected chi connectivity index (χ3v) is 3.64. The predicted octanol–water partition coefficient (Wildman–Crippen LogP) is 1.40. The summed E-state index contributed by atoms with van der Waals surface area (Å²) < 4.78 is 0. The molecule has 1 aromatic carbocycles. The molecule has 0 spiro atoms. The normalized spacial score (nSPS) is 18.3. The van der Waals surface area contributed by atoms with E-state index in [9.17, 15) is 9.90 Å². The van der Waals surface area contributed by atoms with Crippen molar-refractivity contribution >= 4 is 5.91 Å². The molecule has 18 heavy (non-hydrogen) atoms. The molecule has 0 bridgehead atoms. The summed E-state index contributed by atoms with van der Waals surface area (Å²) in [5.74, 6) is 0.368. The Balaban J connectivity index is 1.89. The van der Waals surface area contributed by atoms with Crippen LogP contribution in [0.25, 0.3) is 0 Å². The Bertz CT molecular complexity index is 408. The van der Waals surface area contributed by atoms with Gasteiger partial charge in [0.25, 0.3) is 0 Å². The molecule has 1 aliphatic heterocycles. The number of benzene rings is 1. The van der Waals surface area contributed by atoms with Crippen LogP contribution in [-0.4, -0.2) is 24.1 Å². The van der Waals surface area contributed by atoms with Crippen molar-refractivity contribution in [3.05, 3.63) is 29.8 Å². The summed E-state index contributed by atoms with van der Waals surface area (Å²) in [5.41, 5.74) is 0.751. The molecule has 4 heteroatoms. The predicted molar refractivity (Wildman–Crippen MR) is 70.2 cm³/mol. The molecule has 1 amide bonds. The smallest absolute Gasteiger partial charge is 0.226 e. The Morgan fingerprint density at radius 2 is 1.94 bits per heavy atom. The summed E-state index contributed by atoms with van der Waals surface area (Å²) in [4.78, 5) is 12.2. The fourth-order valence-electron chi connectivity index (χ4n) is 2.22. The molecule has 1 fully saturated rings. The van der Waals surface area contributed by atoms with Gasteiger partial charge in [0.2, 0.25) is 5.91 Å². The van der Waals surface area contributed by atoms with Crippen LogP contribution in [0.15, 0.2) is 24.3 Å². The topological polar surface area (TPSA) is 61.4 Å². The van der Waals surface area contributed by atoms with Crippen LogP contribution in [0.3, 0.4) is 0 Å². The van der Waals surface area contributed by atoms with Crippen molar-refractivity contribution in [2.45, 2.75) is 26.3 Å². The van der Waals surface area contributed by atoms with E-state index in [4.69, 9.17) is 0 Å². The minimum atomic E-state index is -0.248. The molecule has 1 heterocycles. The molecule has 1 aliphatic rings. The van der Waals surface area contributed by atoms with Crippen LogP contribution in [0.2, 0.25) is 0 Å².